The van der Waals surface area contributed by atoms with Gasteiger partial charge < -0.3 is 5.11 Å². The summed E-state index contributed by atoms with van der Waals surface area (Å²) in [6.45, 7) is 21.8. The Kier molecular flexibility index (Phi) is 12.4. The quantitative estimate of drug-likeness (QED) is 0.420. The van der Waals surface area contributed by atoms with E-state index >= 15 is 0 Å². The Balaban J connectivity index is 0. The summed E-state index contributed by atoms with van der Waals surface area (Å²) in [6.07, 6.45) is 2.36. The maximum absolute atomic E-state index is 11.7. The summed E-state index contributed by atoms with van der Waals surface area (Å²) in [6, 6.07) is 0. The number of rotatable bonds is 6. The molecule has 172 valence electrons. The third kappa shape index (κ3) is 20.9. The molecule has 6 heteroatoms. The fourth-order valence-corrected chi connectivity index (χ4v) is 2.97. The van der Waals surface area contributed by atoms with E-state index in [0.29, 0.717) is 0 Å². The van der Waals surface area contributed by atoms with Gasteiger partial charge in [-0.05, 0) is 56.3 Å². The van der Waals surface area contributed by atoms with E-state index in [-0.39, 0.29) is 35.5 Å². The predicted molar refractivity (Wildman–Crippen MR) is 115 cm³/mol. The van der Waals surface area contributed by atoms with Crippen LogP contribution in [0.5, 0.6) is 0 Å². The van der Waals surface area contributed by atoms with E-state index in [1.165, 1.54) is 0 Å². The number of hydrogen-bond acceptors (Lipinski definition) is 5. The van der Waals surface area contributed by atoms with E-state index < -0.39 is 23.3 Å². The van der Waals surface area contributed by atoms with E-state index in [9.17, 15) is 14.4 Å². The smallest absolute Gasteiger partial charge is 0.355 e. The first kappa shape index (κ1) is 29.6. The van der Waals surface area contributed by atoms with Crippen molar-refractivity contribution in [1.29, 1.82) is 0 Å². The van der Waals surface area contributed by atoms with Gasteiger partial charge in [0.25, 0.3) is 0 Å². The molecule has 0 spiro atoms. The van der Waals surface area contributed by atoms with Crippen LogP contribution in [0.1, 0.15) is 102 Å². The molecule has 0 heterocycles. The summed E-state index contributed by atoms with van der Waals surface area (Å²) in [5, 5.41) is 8.25. The highest BCUT2D eigenvalue weighted by Crippen LogP contribution is 2.27. The van der Waals surface area contributed by atoms with E-state index in [1.54, 1.807) is 20.8 Å². The van der Waals surface area contributed by atoms with Crippen LogP contribution < -0.4 is 0 Å². The molecule has 29 heavy (non-hydrogen) atoms. The van der Waals surface area contributed by atoms with Crippen LogP contribution in [0.15, 0.2) is 0 Å². The average Bonchev–Trinajstić information content (AvgIpc) is 2.40. The molecule has 0 aliphatic carbocycles. The van der Waals surface area contributed by atoms with Gasteiger partial charge in [0.15, 0.2) is 0 Å². The molecule has 0 rings (SSSR count). The zero-order valence-corrected chi connectivity index (χ0v) is 20.5. The monoisotopic (exact) mass is 416 g/mol. The summed E-state index contributed by atoms with van der Waals surface area (Å²) in [4.78, 5) is 42.6. The summed E-state index contributed by atoms with van der Waals surface area (Å²) >= 11 is 0. The van der Waals surface area contributed by atoms with E-state index in [2.05, 4.69) is 51.3 Å². The van der Waals surface area contributed by atoms with Crippen LogP contribution in [0.3, 0.4) is 0 Å². The topological polar surface area (TPSA) is 89.9 Å². The summed E-state index contributed by atoms with van der Waals surface area (Å²) in [5.41, 5.74) is -0.252. The Hall–Kier alpha value is -1.59. The van der Waals surface area contributed by atoms with Crippen molar-refractivity contribution in [2.45, 2.75) is 102 Å². The van der Waals surface area contributed by atoms with Crippen LogP contribution in [-0.4, -0.2) is 23.0 Å². The van der Waals surface area contributed by atoms with Gasteiger partial charge in [-0.2, -0.15) is 0 Å². The van der Waals surface area contributed by atoms with Gasteiger partial charge in [-0.25, -0.2) is 19.4 Å². The SMILES string of the molecule is CC(C)(C)C(=O)O.CC(CC(=O)OOC(=O)CC(C)CC(C)(C)C)CC(C)(C)C. The highest BCUT2D eigenvalue weighted by molar-refractivity contribution is 5.73. The lowest BCUT2D eigenvalue weighted by Gasteiger charge is -2.22. The lowest BCUT2D eigenvalue weighted by Crippen LogP contribution is -2.19. The summed E-state index contributed by atoms with van der Waals surface area (Å²) in [5.74, 6) is -1.31. The second-order valence-electron chi connectivity index (χ2n) is 11.6. The predicted octanol–water partition coefficient (Wildman–Crippen LogP) is 6.03. The van der Waals surface area contributed by atoms with Crippen LogP contribution in [-0.2, 0) is 24.2 Å². The molecule has 1 N–H and O–H groups in total. The standard InChI is InChI=1S/C18H34O4.C5H10O2/c1-13(11-17(3,4)5)9-15(19)21-22-16(20)10-14(2)12-18(6,7)8;1-5(2,3)4(6)7/h13-14H,9-12H2,1-8H3;1-3H3,(H,6,7). The van der Waals surface area contributed by atoms with Gasteiger partial charge >= 0.3 is 17.9 Å². The molecule has 0 aromatic heterocycles. The molecule has 0 bridgehead atoms. The fraction of sp³-hybridized carbons (Fsp3) is 0.870. The molecule has 2 unspecified atom stereocenters. The molecule has 2 atom stereocenters. The molecule has 0 aromatic rings. The second kappa shape index (κ2) is 12.2. The third-order valence-electron chi connectivity index (χ3n) is 3.82. The molecule has 0 radical (unpaired) electrons. The minimum Gasteiger partial charge on any atom is -0.481 e. The molecule has 0 amide bonds. The highest BCUT2D eigenvalue weighted by Gasteiger charge is 2.22. The van der Waals surface area contributed by atoms with Crippen molar-refractivity contribution >= 4 is 17.9 Å². The number of aliphatic carboxylic acids is 1. The van der Waals surface area contributed by atoms with Crippen molar-refractivity contribution in [2.24, 2.45) is 28.1 Å². The van der Waals surface area contributed by atoms with Crippen molar-refractivity contribution in [3.8, 4) is 0 Å². The van der Waals surface area contributed by atoms with Gasteiger partial charge in [0.1, 0.15) is 0 Å². The molecule has 0 aliphatic rings. The Morgan fingerprint density at radius 1 is 0.690 bits per heavy atom. The number of carboxylic acid groups (broad SMARTS) is 1. The van der Waals surface area contributed by atoms with Crippen molar-refractivity contribution in [3.05, 3.63) is 0 Å². The van der Waals surface area contributed by atoms with Crippen molar-refractivity contribution in [3.63, 3.8) is 0 Å². The Bertz CT molecular complexity index is 481. The van der Waals surface area contributed by atoms with Gasteiger partial charge in [-0.3, -0.25) is 4.79 Å². The minimum atomic E-state index is -0.757. The number of carboxylic acids is 1. The normalized spacial score (nSPS) is 14.2. The Labute approximate surface area is 177 Å². The lowest BCUT2D eigenvalue weighted by atomic mass is 9.84. The maximum Gasteiger partial charge on any atom is 0.355 e. The van der Waals surface area contributed by atoms with Crippen LogP contribution in [0.4, 0.5) is 0 Å². The van der Waals surface area contributed by atoms with Crippen LogP contribution >= 0.6 is 0 Å². The number of hydrogen-bond donors (Lipinski definition) is 1. The molecular formula is C23H44O6. The van der Waals surface area contributed by atoms with Crippen molar-refractivity contribution in [1.82, 2.24) is 0 Å². The first-order chi connectivity index (χ1) is 12.7. The molecule has 0 aromatic carbocycles. The van der Waals surface area contributed by atoms with Gasteiger partial charge in [0, 0.05) is 0 Å². The first-order valence-corrected chi connectivity index (χ1v) is 10.4. The molecule has 0 saturated carbocycles. The number of carbonyl (C=O) groups is 3. The molecule has 6 nitrogen and oxygen atoms in total. The first-order valence-electron chi connectivity index (χ1n) is 10.4. The third-order valence-corrected chi connectivity index (χ3v) is 3.82. The molecule has 0 saturated heterocycles. The Morgan fingerprint density at radius 2 is 0.931 bits per heavy atom. The Morgan fingerprint density at radius 3 is 1.10 bits per heavy atom. The highest BCUT2D eigenvalue weighted by atomic mass is 17.2. The van der Waals surface area contributed by atoms with E-state index in [4.69, 9.17) is 5.11 Å². The van der Waals surface area contributed by atoms with Gasteiger partial charge in [0.05, 0.1) is 18.3 Å². The molecule has 0 fully saturated rings. The van der Waals surface area contributed by atoms with Gasteiger partial charge in [0.2, 0.25) is 0 Å². The second-order valence-corrected chi connectivity index (χ2v) is 11.6. The average molecular weight is 417 g/mol. The molecular weight excluding hydrogens is 372 g/mol. The van der Waals surface area contributed by atoms with Gasteiger partial charge in [-0.15, -0.1) is 0 Å². The zero-order valence-electron chi connectivity index (χ0n) is 20.5. The van der Waals surface area contributed by atoms with Crippen LogP contribution in [0.25, 0.3) is 0 Å². The number of carbonyl (C=O) groups excluding carboxylic acids is 2. The summed E-state index contributed by atoms with van der Waals surface area (Å²) in [7, 11) is 0. The van der Waals surface area contributed by atoms with E-state index in [0.717, 1.165) is 12.8 Å². The van der Waals surface area contributed by atoms with Gasteiger partial charge in [-0.1, -0.05) is 55.4 Å². The van der Waals surface area contributed by atoms with Crippen molar-refractivity contribution < 1.29 is 29.3 Å². The largest absolute Gasteiger partial charge is 0.481 e. The maximum atomic E-state index is 11.7. The fourth-order valence-electron chi connectivity index (χ4n) is 2.97. The molecule has 0 aliphatic heterocycles. The minimum absolute atomic E-state index is 0.165. The lowest BCUT2D eigenvalue weighted by molar-refractivity contribution is -0.260. The van der Waals surface area contributed by atoms with Crippen LogP contribution in [0.2, 0.25) is 0 Å². The summed E-state index contributed by atoms with van der Waals surface area (Å²) < 4.78 is 0. The zero-order chi connectivity index (χ0) is 23.6. The van der Waals surface area contributed by atoms with Crippen LogP contribution in [0, 0.1) is 28.1 Å². The van der Waals surface area contributed by atoms with Crippen molar-refractivity contribution in [2.75, 3.05) is 0 Å². The van der Waals surface area contributed by atoms with E-state index in [1.807, 2.05) is 13.8 Å².